The Balaban J connectivity index is 0.000000168. The van der Waals surface area contributed by atoms with Gasteiger partial charge in [-0.15, -0.1) is 22.7 Å². The summed E-state index contributed by atoms with van der Waals surface area (Å²) >= 11 is 2.59. The molecule has 100 heavy (non-hydrogen) atoms. The van der Waals surface area contributed by atoms with Crippen molar-refractivity contribution in [2.24, 2.45) is 11.8 Å². The molecular weight excluding hydrogens is 1320 g/mol. The first-order chi connectivity index (χ1) is 48.2. The largest absolute Gasteiger partial charge is 0.658 e. The second-order valence-electron chi connectivity index (χ2n) is 25.8. The number of para-hydroxylation sites is 2. The Labute approximate surface area is 593 Å². The maximum atomic E-state index is 14.2. The number of halogens is 4. The Kier molecular flexibility index (Phi) is 27.7. The first kappa shape index (κ1) is 76.0. The molecule has 0 aliphatic carbocycles. The second kappa shape index (κ2) is 36.5. The first-order valence-corrected chi connectivity index (χ1v) is 36.0. The van der Waals surface area contributed by atoms with Crippen molar-refractivity contribution in [1.29, 1.82) is 0 Å². The summed E-state index contributed by atoms with van der Waals surface area (Å²) in [6, 6.07) is 55.0. The van der Waals surface area contributed by atoms with Crippen LogP contribution in [0.2, 0.25) is 6.82 Å². The van der Waals surface area contributed by atoms with Gasteiger partial charge in [0.2, 0.25) is 0 Å². The highest BCUT2D eigenvalue weighted by Gasteiger charge is 2.57. The van der Waals surface area contributed by atoms with Crippen LogP contribution in [0.3, 0.4) is 0 Å². The van der Waals surface area contributed by atoms with Gasteiger partial charge in [-0.05, 0) is 161 Å². The summed E-state index contributed by atoms with van der Waals surface area (Å²) in [6.45, 7) is 7.44. The van der Waals surface area contributed by atoms with Crippen molar-refractivity contribution in [2.75, 3.05) is 33.9 Å². The van der Waals surface area contributed by atoms with Crippen molar-refractivity contribution in [3.63, 3.8) is 0 Å². The molecule has 7 aromatic rings. The maximum Gasteiger partial charge on any atom is 0.658 e. The Bertz CT molecular complexity index is 3770. The van der Waals surface area contributed by atoms with Gasteiger partial charge >= 0.3 is 38.5 Å². The van der Waals surface area contributed by atoms with Crippen LogP contribution in [0.5, 0.6) is 11.5 Å². The average Bonchev–Trinajstić information content (AvgIpc) is 1.56. The molecule has 4 fully saturated rings. The molecule has 5 aliphatic rings. The highest BCUT2D eigenvalue weighted by Crippen LogP contribution is 2.49. The van der Waals surface area contributed by atoms with Crippen LogP contribution in [-0.2, 0) is 59.8 Å². The van der Waals surface area contributed by atoms with Gasteiger partial charge in [-0.3, -0.25) is 14.4 Å². The fourth-order valence-corrected chi connectivity index (χ4v) is 15.3. The second-order valence-corrected chi connectivity index (χ2v) is 28.1. The molecule has 6 atom stereocenters. The van der Waals surface area contributed by atoms with Gasteiger partial charge in [0.05, 0.1) is 32.4 Å². The monoisotopic (exact) mass is 1400 g/mol. The fourth-order valence-electron chi connectivity index (χ4n) is 13.4. The van der Waals surface area contributed by atoms with Crippen LogP contribution in [0.25, 0.3) is 0 Å². The Morgan fingerprint density at radius 1 is 0.620 bits per heavy atom. The molecule has 14 nitrogen and oxygen atoms in total. The first-order valence-electron chi connectivity index (χ1n) is 34.4. The van der Waals surface area contributed by atoms with E-state index in [1.807, 2.05) is 80.6 Å². The number of thiophene rings is 2. The molecule has 0 unspecified atom stereocenters. The van der Waals surface area contributed by atoms with Gasteiger partial charge in [-0.1, -0.05) is 166 Å². The lowest BCUT2D eigenvalue weighted by Gasteiger charge is -2.36. The van der Waals surface area contributed by atoms with E-state index >= 15 is 0 Å². The molecular formula is C78H88B2F4N3O11S2. The standard InChI is InChI=1S/C27H33F2NO4S.C27H31F2NO4S.C18H20BNO.C6H4BO2/c2*1-19(8-6-11-20-9-4-3-5-10-20)23(31)15-13-21-18-27(28,29)26(33)30(21)17-7-12-22-14-16-24(35-22)25(32)34-2;1-19-20-14-8-13-17(20)18(21-19,15-9-4-2-5-10-15)16-11-6-3-7-12-16;1-2-4-6-5(3-1)8-7-9-6/h3-5,9-10,13-16,19,21,23,31H,6-8,11-12,17-18H2,1-2H3;3-5,9-10,13-16,19,21H,6-8,11-12,17-18H2,1-2H3;2-7,9-12,17H,8,13-14H2,1H3;1-4H/b2*15-13+;;/t19-,21+,23-;19-,21+;17-;/m111./s1. The third kappa shape index (κ3) is 20.1. The number of aliphatic hydroxyl groups excluding tert-OH is 1. The van der Waals surface area contributed by atoms with Crippen LogP contribution >= 0.6 is 22.7 Å². The van der Waals surface area contributed by atoms with Crippen LogP contribution in [0, 0.1) is 11.8 Å². The smallest absolute Gasteiger partial charge is 0.524 e. The van der Waals surface area contributed by atoms with Crippen molar-refractivity contribution in [3.05, 3.63) is 236 Å². The molecule has 7 heterocycles. The van der Waals surface area contributed by atoms with Gasteiger partial charge in [0, 0.05) is 47.6 Å². The van der Waals surface area contributed by atoms with Crippen LogP contribution in [0.15, 0.2) is 194 Å². The normalized spacial score (nSPS) is 19.4. The summed E-state index contributed by atoms with van der Waals surface area (Å²) in [5.41, 5.74) is 4.69. The number of aliphatic hydroxyl groups is 1. The number of benzene rings is 5. The van der Waals surface area contributed by atoms with Crippen molar-refractivity contribution in [3.8, 4) is 11.5 Å². The third-order valence-corrected chi connectivity index (χ3v) is 21.1. The number of methoxy groups -OCH3 is 2. The zero-order valence-electron chi connectivity index (χ0n) is 57.3. The number of carbonyl (C=O) groups is 5. The summed E-state index contributed by atoms with van der Waals surface area (Å²) in [6.07, 6.45) is 13.6. The van der Waals surface area contributed by atoms with Crippen LogP contribution < -0.4 is 9.31 Å². The molecule has 0 spiro atoms. The van der Waals surface area contributed by atoms with E-state index in [2.05, 4.69) is 96.6 Å². The lowest BCUT2D eigenvalue weighted by Crippen LogP contribution is -2.41. The number of rotatable bonds is 26. The number of hydrogen-bond donors (Lipinski definition) is 1. The number of fused-ring (bicyclic) bond motifs is 2. The summed E-state index contributed by atoms with van der Waals surface area (Å²) in [7, 11) is 4.13. The predicted molar refractivity (Wildman–Crippen MR) is 384 cm³/mol. The van der Waals surface area contributed by atoms with Gasteiger partial charge in [0.1, 0.15) is 26.9 Å². The fraction of sp³-hybridized carbons (Fsp3) is 0.397. The van der Waals surface area contributed by atoms with E-state index in [1.54, 1.807) is 30.4 Å². The Morgan fingerprint density at radius 3 is 1.55 bits per heavy atom. The zero-order chi connectivity index (χ0) is 71.2. The minimum atomic E-state index is -3.43. The molecule has 2 aromatic heterocycles. The van der Waals surface area contributed by atoms with Gasteiger partial charge in [-0.25, -0.2) is 9.59 Å². The van der Waals surface area contributed by atoms with E-state index in [1.165, 1.54) is 102 Å². The number of hydrogen-bond acceptors (Lipinski definition) is 14. The van der Waals surface area contributed by atoms with Crippen molar-refractivity contribution >= 4 is 66.9 Å². The number of likely N-dealkylation sites (tertiary alicyclic amines) is 2. The number of allylic oxidation sites excluding steroid dienone is 1. The topological polar surface area (TPSA) is 161 Å². The summed E-state index contributed by atoms with van der Waals surface area (Å²) in [5.74, 6) is -8.80. The quantitative estimate of drug-likeness (QED) is 0.0180. The van der Waals surface area contributed by atoms with Gasteiger partial charge in [-0.2, -0.15) is 17.6 Å². The highest BCUT2D eigenvalue weighted by atomic mass is 32.1. The van der Waals surface area contributed by atoms with Gasteiger partial charge in [0.25, 0.3) is 11.8 Å². The number of amides is 2. The molecule has 1 N–H and O–H groups in total. The number of ketones is 1. The van der Waals surface area contributed by atoms with Crippen molar-refractivity contribution in [2.45, 2.75) is 152 Å². The molecule has 12 rings (SSSR count). The van der Waals surface area contributed by atoms with Crippen molar-refractivity contribution in [1.82, 2.24) is 14.6 Å². The number of nitrogens with zero attached hydrogens (tertiary/aromatic N) is 3. The molecule has 1 radical (unpaired) electrons. The van der Waals surface area contributed by atoms with Gasteiger partial charge < -0.3 is 43.2 Å². The van der Waals surface area contributed by atoms with E-state index in [-0.39, 0.29) is 43.4 Å². The molecule has 0 saturated carbocycles. The SMILES string of the molecule is CB1OC(c2ccccc2)(c2ccccc2)[C@H]2CCCN12.COC(=O)c1ccc(CCCN2C(=O)C(F)(F)C[C@@H]2/C=C/C(=O)[C@H](C)CCCc2ccccc2)s1.COC(=O)c1ccc(CCCN2C(=O)C(F)(F)C[C@@H]2/C=C/[C@@H](O)[C@H](C)CCCc2ccccc2)s1.[B]1Oc2ccccc2O1. The van der Waals surface area contributed by atoms with Crippen LogP contribution in [0.1, 0.15) is 129 Å². The third-order valence-electron chi connectivity index (χ3n) is 18.8. The molecule has 4 saturated heterocycles. The molecule has 5 aliphatic heterocycles. The molecule has 2 amide bonds. The summed E-state index contributed by atoms with van der Waals surface area (Å²) in [5, 5.41) is 10.5. The molecule has 0 bridgehead atoms. The average molecular weight is 1410 g/mol. The number of alkyl halides is 4. The minimum Gasteiger partial charge on any atom is -0.524 e. The van der Waals surface area contributed by atoms with E-state index in [4.69, 9.17) is 23.4 Å². The number of carbonyl (C=O) groups excluding carboxylic acids is 5. The summed E-state index contributed by atoms with van der Waals surface area (Å²) < 4.78 is 82.6. The van der Waals surface area contributed by atoms with E-state index in [0.717, 1.165) is 59.9 Å². The molecule has 5 aromatic carbocycles. The lowest BCUT2D eigenvalue weighted by molar-refractivity contribution is -0.148. The Hall–Kier alpha value is -8.14. The van der Waals surface area contributed by atoms with Crippen LogP contribution in [0.4, 0.5) is 17.6 Å². The number of aryl methyl sites for hydroxylation is 4. The Morgan fingerprint density at radius 2 is 1.07 bits per heavy atom. The summed E-state index contributed by atoms with van der Waals surface area (Å²) in [4.78, 5) is 68.0. The minimum absolute atomic E-state index is 0.0242. The van der Waals surface area contributed by atoms with E-state index in [0.29, 0.717) is 47.9 Å². The maximum absolute atomic E-state index is 14.2. The molecule has 527 valence electrons. The van der Waals surface area contributed by atoms with Crippen LogP contribution in [-0.4, -0.2) is 134 Å². The predicted octanol–water partition coefficient (Wildman–Crippen LogP) is 15.3. The number of ether oxygens (including phenoxy) is 2. The van der Waals surface area contributed by atoms with Gasteiger partial charge in [0.15, 0.2) is 5.78 Å². The molecule has 22 heteroatoms. The number of esters is 2. The highest BCUT2D eigenvalue weighted by molar-refractivity contribution is 7.14. The van der Waals surface area contributed by atoms with Crippen molar-refractivity contribution < 1.29 is 70.1 Å². The van der Waals surface area contributed by atoms with E-state index < -0.39 is 66.6 Å². The lowest BCUT2D eigenvalue weighted by atomic mass is 9.79. The zero-order valence-corrected chi connectivity index (χ0v) is 58.9. The van der Waals surface area contributed by atoms with E-state index in [9.17, 15) is 46.6 Å².